The SMILES string of the molecule is Cc1cnc(-c2ccc(CN3Cc4ccccc4S3(=O)=O)cc2)o1. The Hall–Kier alpha value is -2.44. The third kappa shape index (κ3) is 2.53. The molecule has 3 aromatic rings. The molecule has 1 aliphatic heterocycles. The van der Waals surface area contributed by atoms with Gasteiger partial charge in [0.1, 0.15) is 5.76 Å². The molecule has 0 amide bonds. The Morgan fingerprint density at radius 3 is 2.54 bits per heavy atom. The van der Waals surface area contributed by atoms with Crippen molar-refractivity contribution in [3.05, 3.63) is 71.6 Å². The summed E-state index contributed by atoms with van der Waals surface area (Å²) in [6, 6.07) is 14.8. The van der Waals surface area contributed by atoms with Crippen LogP contribution in [0.25, 0.3) is 11.5 Å². The van der Waals surface area contributed by atoms with Crippen molar-refractivity contribution in [3.63, 3.8) is 0 Å². The van der Waals surface area contributed by atoms with Gasteiger partial charge in [-0.15, -0.1) is 0 Å². The lowest BCUT2D eigenvalue weighted by Gasteiger charge is -2.14. The van der Waals surface area contributed by atoms with Gasteiger partial charge in [0.05, 0.1) is 11.1 Å². The molecule has 1 aliphatic rings. The first-order valence-corrected chi connectivity index (χ1v) is 9.08. The Labute approximate surface area is 140 Å². The van der Waals surface area contributed by atoms with Crippen molar-refractivity contribution in [1.29, 1.82) is 0 Å². The minimum Gasteiger partial charge on any atom is -0.441 e. The molecule has 0 atom stereocenters. The molecule has 2 heterocycles. The molecule has 0 aliphatic carbocycles. The van der Waals surface area contributed by atoms with E-state index in [0.717, 1.165) is 22.5 Å². The highest BCUT2D eigenvalue weighted by molar-refractivity contribution is 7.89. The Bertz CT molecular complexity index is 991. The standard InChI is InChI=1S/C18H16N2O3S/c1-13-10-19-18(23-13)15-8-6-14(7-9-15)11-20-12-16-4-2-3-5-17(16)24(20,21)22/h2-10H,11-12H2,1H3. The van der Waals surface area contributed by atoms with Crippen LogP contribution < -0.4 is 0 Å². The van der Waals surface area contributed by atoms with Crippen molar-refractivity contribution in [2.45, 2.75) is 24.9 Å². The third-order valence-corrected chi connectivity index (χ3v) is 6.01. The average Bonchev–Trinajstić information content (AvgIpc) is 3.11. The van der Waals surface area contributed by atoms with E-state index in [1.807, 2.05) is 43.3 Å². The van der Waals surface area contributed by atoms with Gasteiger partial charge in [-0.3, -0.25) is 0 Å². The van der Waals surface area contributed by atoms with Gasteiger partial charge in [0, 0.05) is 18.7 Å². The van der Waals surface area contributed by atoms with Crippen LogP contribution in [-0.4, -0.2) is 17.7 Å². The summed E-state index contributed by atoms with van der Waals surface area (Å²) in [6.07, 6.45) is 1.68. The maximum absolute atomic E-state index is 12.6. The summed E-state index contributed by atoms with van der Waals surface area (Å²) < 4.78 is 32.2. The van der Waals surface area contributed by atoms with Crippen LogP contribution in [0.3, 0.4) is 0 Å². The number of oxazole rings is 1. The maximum Gasteiger partial charge on any atom is 0.244 e. The summed E-state index contributed by atoms with van der Waals surface area (Å²) in [5.74, 6) is 1.33. The van der Waals surface area contributed by atoms with E-state index >= 15 is 0 Å². The number of rotatable bonds is 3. The van der Waals surface area contributed by atoms with Crippen LogP contribution in [0.2, 0.25) is 0 Å². The number of sulfonamides is 1. The largest absolute Gasteiger partial charge is 0.441 e. The second kappa shape index (κ2) is 5.58. The van der Waals surface area contributed by atoms with E-state index in [4.69, 9.17) is 4.42 Å². The molecule has 0 bridgehead atoms. The highest BCUT2D eigenvalue weighted by atomic mass is 32.2. The van der Waals surface area contributed by atoms with Gasteiger partial charge in [-0.2, -0.15) is 4.31 Å². The first-order valence-electron chi connectivity index (χ1n) is 7.64. The molecule has 0 fully saturated rings. The molecule has 0 radical (unpaired) electrons. The molecule has 4 rings (SSSR count). The van der Waals surface area contributed by atoms with Gasteiger partial charge in [0.15, 0.2) is 0 Å². The van der Waals surface area contributed by atoms with Crippen molar-refractivity contribution >= 4 is 10.0 Å². The minimum absolute atomic E-state index is 0.349. The molecule has 6 heteroatoms. The highest BCUT2D eigenvalue weighted by Gasteiger charge is 2.33. The number of hydrogen-bond acceptors (Lipinski definition) is 4. The Morgan fingerprint density at radius 1 is 1.12 bits per heavy atom. The zero-order valence-electron chi connectivity index (χ0n) is 13.1. The fraction of sp³-hybridized carbons (Fsp3) is 0.167. The second-order valence-corrected chi connectivity index (χ2v) is 7.76. The van der Waals surface area contributed by atoms with Crippen molar-refractivity contribution in [3.8, 4) is 11.5 Å². The third-order valence-electron chi connectivity index (χ3n) is 4.12. The van der Waals surface area contributed by atoms with Gasteiger partial charge in [-0.05, 0) is 36.2 Å². The van der Waals surface area contributed by atoms with Crippen LogP contribution in [0.15, 0.2) is 64.0 Å². The molecule has 122 valence electrons. The normalized spacial score (nSPS) is 16.2. The van der Waals surface area contributed by atoms with Crippen LogP contribution in [-0.2, 0) is 23.1 Å². The Kier molecular flexibility index (Phi) is 3.51. The number of aromatic nitrogens is 1. The smallest absolute Gasteiger partial charge is 0.244 e. The molecular weight excluding hydrogens is 324 g/mol. The van der Waals surface area contributed by atoms with Crippen LogP contribution in [0.5, 0.6) is 0 Å². The van der Waals surface area contributed by atoms with Crippen molar-refractivity contribution in [1.82, 2.24) is 9.29 Å². The summed E-state index contributed by atoms with van der Waals surface area (Å²) in [4.78, 5) is 4.61. The maximum atomic E-state index is 12.6. The van der Waals surface area contributed by atoms with Gasteiger partial charge >= 0.3 is 0 Å². The molecule has 0 unspecified atom stereocenters. The lowest BCUT2D eigenvalue weighted by atomic mass is 10.1. The van der Waals surface area contributed by atoms with Gasteiger partial charge in [0.2, 0.25) is 15.9 Å². The minimum atomic E-state index is -3.40. The summed E-state index contributed by atoms with van der Waals surface area (Å²) in [5, 5.41) is 0. The molecule has 0 spiro atoms. The summed E-state index contributed by atoms with van der Waals surface area (Å²) in [6.45, 7) is 2.61. The molecule has 0 saturated carbocycles. The Balaban J connectivity index is 1.57. The quantitative estimate of drug-likeness (QED) is 0.733. The topological polar surface area (TPSA) is 63.4 Å². The van der Waals surface area contributed by atoms with Gasteiger partial charge in [-0.25, -0.2) is 13.4 Å². The molecule has 0 saturated heterocycles. The average molecular weight is 340 g/mol. The van der Waals surface area contributed by atoms with Crippen LogP contribution >= 0.6 is 0 Å². The number of benzene rings is 2. The molecule has 24 heavy (non-hydrogen) atoms. The zero-order chi connectivity index (χ0) is 16.7. The number of nitrogens with zero attached hydrogens (tertiary/aromatic N) is 2. The van der Waals surface area contributed by atoms with E-state index in [-0.39, 0.29) is 0 Å². The summed E-state index contributed by atoms with van der Waals surface area (Å²) in [5.41, 5.74) is 2.65. The molecule has 5 nitrogen and oxygen atoms in total. The zero-order valence-corrected chi connectivity index (χ0v) is 14.0. The predicted molar refractivity (Wildman–Crippen MR) is 89.6 cm³/mol. The predicted octanol–water partition coefficient (Wildman–Crippen LogP) is 3.35. The van der Waals surface area contributed by atoms with E-state index < -0.39 is 10.0 Å². The van der Waals surface area contributed by atoms with E-state index in [0.29, 0.717) is 23.9 Å². The van der Waals surface area contributed by atoms with E-state index in [2.05, 4.69) is 4.98 Å². The van der Waals surface area contributed by atoms with E-state index in [1.54, 1.807) is 18.3 Å². The number of aryl methyl sites for hydroxylation is 1. The van der Waals surface area contributed by atoms with Gasteiger partial charge in [0.25, 0.3) is 0 Å². The number of hydrogen-bond donors (Lipinski definition) is 0. The molecule has 0 N–H and O–H groups in total. The lowest BCUT2D eigenvalue weighted by Crippen LogP contribution is -2.23. The van der Waals surface area contributed by atoms with Crippen molar-refractivity contribution in [2.75, 3.05) is 0 Å². The van der Waals surface area contributed by atoms with Gasteiger partial charge < -0.3 is 4.42 Å². The first-order chi connectivity index (χ1) is 11.5. The Morgan fingerprint density at radius 2 is 1.88 bits per heavy atom. The monoisotopic (exact) mass is 340 g/mol. The summed E-state index contributed by atoms with van der Waals surface area (Å²) >= 11 is 0. The van der Waals surface area contributed by atoms with E-state index in [1.165, 1.54) is 4.31 Å². The summed E-state index contributed by atoms with van der Waals surface area (Å²) in [7, 11) is -3.40. The van der Waals surface area contributed by atoms with Crippen molar-refractivity contribution in [2.24, 2.45) is 0 Å². The molecule has 2 aromatic carbocycles. The first kappa shape index (κ1) is 15.1. The van der Waals surface area contributed by atoms with Crippen LogP contribution in [0.1, 0.15) is 16.9 Å². The van der Waals surface area contributed by atoms with Crippen LogP contribution in [0, 0.1) is 6.92 Å². The fourth-order valence-corrected chi connectivity index (χ4v) is 4.51. The van der Waals surface area contributed by atoms with E-state index in [9.17, 15) is 8.42 Å². The van der Waals surface area contributed by atoms with Gasteiger partial charge in [-0.1, -0.05) is 30.3 Å². The fourth-order valence-electron chi connectivity index (χ4n) is 2.89. The van der Waals surface area contributed by atoms with Crippen LogP contribution in [0.4, 0.5) is 0 Å². The highest BCUT2D eigenvalue weighted by Crippen LogP contribution is 2.31. The number of fused-ring (bicyclic) bond motifs is 1. The molecular formula is C18H16N2O3S. The second-order valence-electron chi connectivity index (χ2n) is 5.85. The lowest BCUT2D eigenvalue weighted by molar-refractivity contribution is 0.420. The van der Waals surface area contributed by atoms with Crippen molar-refractivity contribution < 1.29 is 12.8 Å². The molecule has 1 aromatic heterocycles.